The van der Waals surface area contributed by atoms with Crippen molar-refractivity contribution in [1.29, 1.82) is 0 Å². The number of hydrogen-bond donors (Lipinski definition) is 2. The van der Waals surface area contributed by atoms with Gasteiger partial charge in [-0.1, -0.05) is 17.7 Å². The van der Waals surface area contributed by atoms with Crippen LogP contribution in [0.15, 0.2) is 42.5 Å². The third-order valence-corrected chi connectivity index (χ3v) is 5.38. The standard InChI is InChI=1S/C20H21FN6O2S/c1-12-4-6-15(7-5-12)22-19(28)11-30-13(2)20(29)23-16-8-9-17(21)18(10-16)27-14(3)24-25-26-27/h4-10,13H,11H2,1-3H3,(H,22,28)(H,23,29). The zero-order chi connectivity index (χ0) is 21.7. The van der Waals surface area contributed by atoms with Crippen LogP contribution in [0.3, 0.4) is 0 Å². The molecule has 0 bridgehead atoms. The highest BCUT2D eigenvalue weighted by Crippen LogP contribution is 2.20. The minimum absolute atomic E-state index is 0.126. The first kappa shape index (κ1) is 21.4. The van der Waals surface area contributed by atoms with E-state index in [0.29, 0.717) is 17.2 Å². The van der Waals surface area contributed by atoms with Crippen molar-refractivity contribution in [1.82, 2.24) is 20.2 Å². The van der Waals surface area contributed by atoms with Gasteiger partial charge in [-0.25, -0.2) is 4.39 Å². The highest BCUT2D eigenvalue weighted by atomic mass is 32.2. The molecule has 2 amide bonds. The third kappa shape index (κ3) is 5.41. The number of thioether (sulfide) groups is 1. The van der Waals surface area contributed by atoms with Crippen LogP contribution in [0.25, 0.3) is 5.69 Å². The van der Waals surface area contributed by atoms with Gasteiger partial charge in [0.05, 0.1) is 11.0 Å². The van der Waals surface area contributed by atoms with Gasteiger partial charge in [-0.05, 0) is 61.5 Å². The fourth-order valence-electron chi connectivity index (χ4n) is 2.56. The lowest BCUT2D eigenvalue weighted by Crippen LogP contribution is -2.25. The summed E-state index contributed by atoms with van der Waals surface area (Å²) in [5.74, 6) is -0.462. The first-order chi connectivity index (χ1) is 14.3. The van der Waals surface area contributed by atoms with E-state index in [4.69, 9.17) is 0 Å². The second kappa shape index (κ2) is 9.49. The fourth-order valence-corrected chi connectivity index (χ4v) is 3.25. The lowest BCUT2D eigenvalue weighted by molar-refractivity contribution is -0.115. The molecule has 30 heavy (non-hydrogen) atoms. The smallest absolute Gasteiger partial charge is 0.237 e. The summed E-state index contributed by atoms with van der Waals surface area (Å²) < 4.78 is 15.4. The van der Waals surface area contributed by atoms with Crippen molar-refractivity contribution < 1.29 is 14.0 Å². The number of amides is 2. The van der Waals surface area contributed by atoms with Gasteiger partial charge in [0.25, 0.3) is 0 Å². The molecule has 0 spiro atoms. The molecule has 8 nitrogen and oxygen atoms in total. The van der Waals surface area contributed by atoms with E-state index < -0.39 is 11.1 Å². The number of aromatic nitrogens is 4. The van der Waals surface area contributed by atoms with E-state index in [1.807, 2.05) is 31.2 Å². The number of nitrogens with zero attached hydrogens (tertiary/aromatic N) is 4. The Morgan fingerprint density at radius 3 is 2.47 bits per heavy atom. The van der Waals surface area contributed by atoms with Crippen LogP contribution in [0.1, 0.15) is 18.3 Å². The van der Waals surface area contributed by atoms with Crippen molar-refractivity contribution in [2.45, 2.75) is 26.0 Å². The third-order valence-electron chi connectivity index (χ3n) is 4.24. The Labute approximate surface area is 177 Å². The minimum Gasteiger partial charge on any atom is -0.325 e. The molecule has 1 atom stereocenters. The van der Waals surface area contributed by atoms with Crippen LogP contribution in [0.4, 0.5) is 15.8 Å². The summed E-state index contributed by atoms with van der Waals surface area (Å²) in [5, 5.41) is 16.0. The van der Waals surface area contributed by atoms with Gasteiger partial charge in [0.15, 0.2) is 5.82 Å². The molecule has 1 aromatic heterocycles. The summed E-state index contributed by atoms with van der Waals surface area (Å²) in [6.45, 7) is 5.32. The van der Waals surface area contributed by atoms with Crippen molar-refractivity contribution in [3.63, 3.8) is 0 Å². The number of anilines is 2. The monoisotopic (exact) mass is 428 g/mol. The molecule has 0 aliphatic heterocycles. The molecule has 3 aromatic rings. The number of aryl methyl sites for hydroxylation is 2. The number of tetrazole rings is 1. The first-order valence-corrected chi connectivity index (χ1v) is 10.2. The van der Waals surface area contributed by atoms with Crippen LogP contribution >= 0.6 is 11.8 Å². The zero-order valence-electron chi connectivity index (χ0n) is 16.7. The van der Waals surface area contributed by atoms with Gasteiger partial charge in [-0.15, -0.1) is 16.9 Å². The molecule has 2 aromatic carbocycles. The highest BCUT2D eigenvalue weighted by molar-refractivity contribution is 8.01. The van der Waals surface area contributed by atoms with Gasteiger partial charge in [0.1, 0.15) is 11.5 Å². The van der Waals surface area contributed by atoms with Gasteiger partial charge in [0, 0.05) is 11.4 Å². The average Bonchev–Trinajstić information content (AvgIpc) is 3.15. The van der Waals surface area contributed by atoms with Crippen LogP contribution in [0.2, 0.25) is 0 Å². The van der Waals surface area contributed by atoms with Crippen molar-refractivity contribution in [2.75, 3.05) is 16.4 Å². The Kier molecular flexibility index (Phi) is 6.78. The Balaban J connectivity index is 1.56. The fraction of sp³-hybridized carbons (Fsp3) is 0.250. The molecule has 10 heteroatoms. The molecule has 2 N–H and O–H groups in total. The van der Waals surface area contributed by atoms with Crippen LogP contribution in [0, 0.1) is 19.7 Å². The van der Waals surface area contributed by atoms with Crippen LogP contribution in [0.5, 0.6) is 0 Å². The molecule has 0 saturated carbocycles. The lowest BCUT2D eigenvalue weighted by atomic mass is 10.2. The average molecular weight is 428 g/mol. The van der Waals surface area contributed by atoms with Crippen molar-refractivity contribution >= 4 is 35.0 Å². The van der Waals surface area contributed by atoms with E-state index >= 15 is 0 Å². The number of carbonyl (C=O) groups is 2. The van der Waals surface area contributed by atoms with Gasteiger partial charge >= 0.3 is 0 Å². The summed E-state index contributed by atoms with van der Waals surface area (Å²) in [5.41, 5.74) is 2.35. The summed E-state index contributed by atoms with van der Waals surface area (Å²) in [6.07, 6.45) is 0. The van der Waals surface area contributed by atoms with Crippen molar-refractivity contribution in [3.8, 4) is 5.69 Å². The zero-order valence-corrected chi connectivity index (χ0v) is 17.5. The van der Waals surface area contributed by atoms with Crippen LogP contribution < -0.4 is 10.6 Å². The van der Waals surface area contributed by atoms with Gasteiger partial charge in [0.2, 0.25) is 11.8 Å². The maximum absolute atomic E-state index is 14.1. The molecule has 0 aliphatic carbocycles. The molecule has 0 aliphatic rings. The number of halogens is 1. The van der Waals surface area contributed by atoms with Crippen LogP contribution in [-0.4, -0.2) is 43.0 Å². The molecule has 1 unspecified atom stereocenters. The second-order valence-electron chi connectivity index (χ2n) is 6.66. The Bertz CT molecular complexity index is 1050. The SMILES string of the molecule is Cc1ccc(NC(=O)CSC(C)C(=O)Nc2ccc(F)c(-n3nnnc3C)c2)cc1. The topological polar surface area (TPSA) is 102 Å². The molecule has 1 heterocycles. The summed E-state index contributed by atoms with van der Waals surface area (Å²) in [7, 11) is 0. The van der Waals surface area contributed by atoms with E-state index in [1.54, 1.807) is 13.8 Å². The molecule has 0 saturated heterocycles. The summed E-state index contributed by atoms with van der Waals surface area (Å²) in [6, 6.07) is 11.6. The number of hydrogen-bond acceptors (Lipinski definition) is 6. The summed E-state index contributed by atoms with van der Waals surface area (Å²) in [4.78, 5) is 24.6. The predicted molar refractivity (Wildman–Crippen MR) is 114 cm³/mol. The molecule has 156 valence electrons. The van der Waals surface area contributed by atoms with E-state index in [0.717, 1.165) is 5.56 Å². The van der Waals surface area contributed by atoms with Gasteiger partial charge in [-0.3, -0.25) is 9.59 Å². The van der Waals surface area contributed by atoms with Crippen LogP contribution in [-0.2, 0) is 9.59 Å². The van der Waals surface area contributed by atoms with E-state index in [2.05, 4.69) is 26.2 Å². The maximum atomic E-state index is 14.1. The molecular formula is C20H21FN6O2S. The van der Waals surface area contributed by atoms with Gasteiger partial charge in [-0.2, -0.15) is 4.68 Å². The van der Waals surface area contributed by atoms with E-state index in [-0.39, 0.29) is 23.3 Å². The summed E-state index contributed by atoms with van der Waals surface area (Å²) >= 11 is 1.21. The molecule has 0 fully saturated rings. The Morgan fingerprint density at radius 2 is 1.80 bits per heavy atom. The second-order valence-corrected chi connectivity index (χ2v) is 7.99. The number of carbonyl (C=O) groups excluding carboxylic acids is 2. The Morgan fingerprint density at radius 1 is 1.10 bits per heavy atom. The number of benzene rings is 2. The quantitative estimate of drug-likeness (QED) is 0.600. The van der Waals surface area contributed by atoms with E-state index in [9.17, 15) is 14.0 Å². The molecule has 3 rings (SSSR count). The predicted octanol–water partition coefficient (Wildman–Crippen LogP) is 3.12. The normalized spacial score (nSPS) is 11.7. The maximum Gasteiger partial charge on any atom is 0.237 e. The Hall–Kier alpha value is -3.27. The largest absolute Gasteiger partial charge is 0.325 e. The molecule has 0 radical (unpaired) electrons. The van der Waals surface area contributed by atoms with Gasteiger partial charge < -0.3 is 10.6 Å². The minimum atomic E-state index is -0.515. The number of nitrogens with one attached hydrogen (secondary N) is 2. The van der Waals surface area contributed by atoms with Crippen molar-refractivity contribution in [2.24, 2.45) is 0 Å². The van der Waals surface area contributed by atoms with Crippen molar-refractivity contribution in [3.05, 3.63) is 59.7 Å². The highest BCUT2D eigenvalue weighted by Gasteiger charge is 2.17. The molecular weight excluding hydrogens is 407 g/mol. The lowest BCUT2D eigenvalue weighted by Gasteiger charge is -2.13. The number of rotatable bonds is 7. The van der Waals surface area contributed by atoms with E-state index in [1.165, 1.54) is 34.6 Å². The first-order valence-electron chi connectivity index (χ1n) is 9.17.